The van der Waals surface area contributed by atoms with Crippen LogP contribution >= 0.6 is 0 Å². The third kappa shape index (κ3) is 2.69. The van der Waals surface area contributed by atoms with E-state index in [-0.39, 0.29) is 5.91 Å². The summed E-state index contributed by atoms with van der Waals surface area (Å²) in [6, 6.07) is 7.15. The smallest absolute Gasteiger partial charge is 0.273 e. The number of ether oxygens (including phenoxy) is 1. The van der Waals surface area contributed by atoms with Crippen LogP contribution in [0, 0.1) is 6.92 Å². The van der Waals surface area contributed by atoms with Crippen LogP contribution in [0.1, 0.15) is 39.3 Å². The van der Waals surface area contributed by atoms with Crippen molar-refractivity contribution < 1.29 is 9.53 Å². The Balaban J connectivity index is 1.65. The Labute approximate surface area is 166 Å². The van der Waals surface area contributed by atoms with Gasteiger partial charge in [0.1, 0.15) is 23.0 Å². The molecule has 5 heterocycles. The number of pyridine rings is 1. The molecular formula is C20H21N7O2. The van der Waals surface area contributed by atoms with Crippen LogP contribution in [-0.2, 0) is 13.5 Å². The average molecular weight is 391 g/mol. The number of rotatable bonds is 3. The Morgan fingerprint density at radius 3 is 2.93 bits per heavy atom. The van der Waals surface area contributed by atoms with Gasteiger partial charge in [-0.25, -0.2) is 9.50 Å². The molecule has 0 fully saturated rings. The molecule has 5 rings (SSSR count). The highest BCUT2D eigenvalue weighted by molar-refractivity contribution is 5.93. The van der Waals surface area contributed by atoms with Gasteiger partial charge in [0.2, 0.25) is 0 Å². The number of nitrogens with zero attached hydrogens (tertiary/aromatic N) is 6. The fourth-order valence-electron chi connectivity index (χ4n) is 4.07. The van der Waals surface area contributed by atoms with Gasteiger partial charge < -0.3 is 14.6 Å². The predicted octanol–water partition coefficient (Wildman–Crippen LogP) is 1.90. The van der Waals surface area contributed by atoms with Crippen molar-refractivity contribution in [1.29, 1.82) is 0 Å². The first-order valence-electron chi connectivity index (χ1n) is 9.43. The first-order chi connectivity index (χ1) is 14.1. The number of carbonyl (C=O) groups excluding carboxylic acids is 1. The molecule has 4 aromatic rings. The molecule has 0 spiro atoms. The predicted molar refractivity (Wildman–Crippen MR) is 105 cm³/mol. The lowest BCUT2D eigenvalue weighted by Gasteiger charge is -2.33. The first-order valence-corrected chi connectivity index (χ1v) is 9.43. The molecule has 9 nitrogen and oxygen atoms in total. The van der Waals surface area contributed by atoms with Crippen molar-refractivity contribution in [3.63, 3.8) is 0 Å². The van der Waals surface area contributed by atoms with Gasteiger partial charge in [-0.2, -0.15) is 10.2 Å². The van der Waals surface area contributed by atoms with Gasteiger partial charge in [-0.3, -0.25) is 9.48 Å². The molecule has 29 heavy (non-hydrogen) atoms. The Morgan fingerprint density at radius 1 is 1.31 bits per heavy atom. The summed E-state index contributed by atoms with van der Waals surface area (Å²) in [6.45, 7) is 2.44. The van der Waals surface area contributed by atoms with Crippen LogP contribution < -0.4 is 4.74 Å². The molecule has 1 aliphatic rings. The van der Waals surface area contributed by atoms with Crippen LogP contribution in [-0.4, -0.2) is 53.8 Å². The molecule has 0 bridgehead atoms. The molecular weight excluding hydrogens is 370 g/mol. The minimum absolute atomic E-state index is 0.0872. The lowest BCUT2D eigenvalue weighted by Crippen LogP contribution is -2.41. The highest BCUT2D eigenvalue weighted by Gasteiger charge is 2.37. The van der Waals surface area contributed by atoms with E-state index in [2.05, 4.69) is 15.1 Å². The normalized spacial score (nSPS) is 16.2. The number of imidazole rings is 1. The second-order valence-electron chi connectivity index (χ2n) is 7.19. The van der Waals surface area contributed by atoms with E-state index in [1.807, 2.05) is 42.3 Å². The van der Waals surface area contributed by atoms with Gasteiger partial charge in [0.15, 0.2) is 0 Å². The van der Waals surface area contributed by atoms with Crippen molar-refractivity contribution in [2.75, 3.05) is 13.7 Å². The maximum atomic E-state index is 13.5. The summed E-state index contributed by atoms with van der Waals surface area (Å²) in [5, 5.41) is 9.07. The zero-order chi connectivity index (χ0) is 20.1. The van der Waals surface area contributed by atoms with Gasteiger partial charge in [-0.05, 0) is 31.2 Å². The van der Waals surface area contributed by atoms with E-state index in [0.29, 0.717) is 18.7 Å². The SMILES string of the molecule is COc1cccn2nc(C3c4nc[nH]c4CCN3C(=O)c3cc(C)nn3C)cc12. The number of hydrogen-bond donors (Lipinski definition) is 1. The van der Waals surface area contributed by atoms with E-state index in [9.17, 15) is 4.79 Å². The highest BCUT2D eigenvalue weighted by Crippen LogP contribution is 2.35. The van der Waals surface area contributed by atoms with Crippen LogP contribution in [0.25, 0.3) is 5.52 Å². The number of methoxy groups -OCH3 is 1. The van der Waals surface area contributed by atoms with E-state index in [0.717, 1.165) is 34.0 Å². The topological polar surface area (TPSA) is 93.3 Å². The standard InChI is InChI=1S/C20H21N7O2/c1-12-9-16(25(2)23-12)20(28)26-8-6-13-18(22-11-21-13)19(26)14-10-15-17(29-3)5-4-7-27(15)24-14/h4-5,7,9-11,19H,6,8H2,1-3H3,(H,21,22). The van der Waals surface area contributed by atoms with Gasteiger partial charge in [0, 0.05) is 31.9 Å². The number of aryl methyl sites for hydroxylation is 2. The summed E-state index contributed by atoms with van der Waals surface area (Å²) in [5.41, 5.74) is 4.80. The fraction of sp³-hybridized carbons (Fsp3) is 0.300. The Kier molecular flexibility index (Phi) is 3.90. The maximum Gasteiger partial charge on any atom is 0.273 e. The maximum absolute atomic E-state index is 13.5. The summed E-state index contributed by atoms with van der Waals surface area (Å²) in [5.74, 6) is 0.639. The summed E-state index contributed by atoms with van der Waals surface area (Å²) >= 11 is 0. The van der Waals surface area contributed by atoms with Crippen molar-refractivity contribution >= 4 is 11.4 Å². The molecule has 4 aromatic heterocycles. The quantitative estimate of drug-likeness (QED) is 0.576. The molecule has 9 heteroatoms. The van der Waals surface area contributed by atoms with E-state index in [1.54, 1.807) is 29.7 Å². The number of carbonyl (C=O) groups is 1. The molecule has 1 amide bonds. The summed E-state index contributed by atoms with van der Waals surface area (Å²) in [4.78, 5) is 23.0. The molecule has 0 aliphatic carbocycles. The molecule has 1 N–H and O–H groups in total. The second-order valence-corrected chi connectivity index (χ2v) is 7.19. The van der Waals surface area contributed by atoms with Gasteiger partial charge in [0.05, 0.1) is 30.5 Å². The Hall–Kier alpha value is -3.62. The van der Waals surface area contributed by atoms with Crippen molar-refractivity contribution in [2.45, 2.75) is 19.4 Å². The molecule has 0 saturated carbocycles. The van der Waals surface area contributed by atoms with E-state index in [1.165, 1.54) is 0 Å². The lowest BCUT2D eigenvalue weighted by molar-refractivity contribution is 0.0675. The Morgan fingerprint density at radius 2 is 2.17 bits per heavy atom. The average Bonchev–Trinajstić information content (AvgIpc) is 3.43. The number of hydrogen-bond acceptors (Lipinski definition) is 5. The van der Waals surface area contributed by atoms with Crippen molar-refractivity contribution in [3.8, 4) is 5.75 Å². The molecule has 1 atom stereocenters. The van der Waals surface area contributed by atoms with Crippen molar-refractivity contribution in [3.05, 3.63) is 65.3 Å². The zero-order valence-corrected chi connectivity index (χ0v) is 16.5. The van der Waals surface area contributed by atoms with Gasteiger partial charge >= 0.3 is 0 Å². The van der Waals surface area contributed by atoms with Crippen molar-refractivity contribution in [1.82, 2.24) is 34.3 Å². The van der Waals surface area contributed by atoms with Crippen LogP contribution in [0.4, 0.5) is 0 Å². The number of aromatic amines is 1. The van der Waals surface area contributed by atoms with Crippen LogP contribution in [0.5, 0.6) is 5.75 Å². The molecule has 0 saturated heterocycles. The Bertz CT molecular complexity index is 1220. The van der Waals surface area contributed by atoms with Crippen LogP contribution in [0.15, 0.2) is 36.8 Å². The van der Waals surface area contributed by atoms with E-state index >= 15 is 0 Å². The van der Waals surface area contributed by atoms with Gasteiger partial charge in [-0.15, -0.1) is 0 Å². The third-order valence-electron chi connectivity index (χ3n) is 5.39. The minimum atomic E-state index is -0.391. The van der Waals surface area contributed by atoms with Crippen LogP contribution in [0.2, 0.25) is 0 Å². The monoisotopic (exact) mass is 391 g/mol. The molecule has 148 valence electrons. The number of fused-ring (bicyclic) bond motifs is 2. The third-order valence-corrected chi connectivity index (χ3v) is 5.39. The van der Waals surface area contributed by atoms with Crippen LogP contribution in [0.3, 0.4) is 0 Å². The van der Waals surface area contributed by atoms with Gasteiger partial charge in [-0.1, -0.05) is 0 Å². The van der Waals surface area contributed by atoms with Gasteiger partial charge in [0.25, 0.3) is 5.91 Å². The molecule has 0 aromatic carbocycles. The minimum Gasteiger partial charge on any atom is -0.494 e. The zero-order valence-electron chi connectivity index (χ0n) is 16.5. The summed E-state index contributed by atoms with van der Waals surface area (Å²) < 4.78 is 8.87. The van der Waals surface area contributed by atoms with E-state index in [4.69, 9.17) is 9.84 Å². The first kappa shape index (κ1) is 17.5. The number of aromatic nitrogens is 6. The number of nitrogens with one attached hydrogen (secondary N) is 1. The highest BCUT2D eigenvalue weighted by atomic mass is 16.5. The number of amides is 1. The van der Waals surface area contributed by atoms with E-state index < -0.39 is 6.04 Å². The largest absolute Gasteiger partial charge is 0.494 e. The molecule has 0 radical (unpaired) electrons. The second kappa shape index (κ2) is 6.47. The van der Waals surface area contributed by atoms with Crippen molar-refractivity contribution in [2.24, 2.45) is 7.05 Å². The lowest BCUT2D eigenvalue weighted by atomic mass is 9.99. The fourth-order valence-corrected chi connectivity index (χ4v) is 4.07. The summed E-state index contributed by atoms with van der Waals surface area (Å²) in [7, 11) is 3.42. The number of H-pyrrole nitrogens is 1. The molecule has 1 unspecified atom stereocenters. The summed E-state index contributed by atoms with van der Waals surface area (Å²) in [6.07, 6.45) is 4.26. The molecule has 1 aliphatic heterocycles.